The highest BCUT2D eigenvalue weighted by Crippen LogP contribution is 2.31. The van der Waals surface area contributed by atoms with Crippen molar-refractivity contribution in [3.8, 4) is 11.4 Å². The zero-order valence-electron chi connectivity index (χ0n) is 23.8. The Morgan fingerprint density at radius 1 is 1.16 bits per heavy atom. The number of rotatable bonds is 2. The molecule has 1 saturated heterocycles. The molecular formula is C32H32ClFN7O3+. The number of halogens is 2. The summed E-state index contributed by atoms with van der Waals surface area (Å²) in [6.45, 7) is 2.63. The predicted molar refractivity (Wildman–Crippen MR) is 164 cm³/mol. The van der Waals surface area contributed by atoms with E-state index >= 15 is 0 Å². The molecule has 3 aliphatic rings. The van der Waals surface area contributed by atoms with E-state index in [1.54, 1.807) is 6.08 Å². The number of benzene rings is 2. The van der Waals surface area contributed by atoms with E-state index in [9.17, 15) is 14.0 Å². The van der Waals surface area contributed by atoms with Crippen molar-refractivity contribution in [2.45, 2.75) is 18.6 Å². The van der Waals surface area contributed by atoms with Crippen LogP contribution in [0.5, 0.6) is 5.75 Å². The number of nitrogens with two attached hydrogens (primary N) is 1. The standard InChI is InChI=1S/C32H31ClFN7O3/c33-27-14-22(34)7-8-29(27)41-18-21(16-39-41)32(43)40-19-24-15-30(40)31(42)38-12-11-36-9-10-37-17-26-25(5-2-6-28(26)35)20-3-1-4-23(13-20)44-24/h1-8,13-14,16-18,24,30,35-37H,9-12,15,19H2,(H,38,42)/p+1/b26-17-,35-28?/t24-,30-/m0/s1. The first-order valence-electron chi connectivity index (χ1n) is 14.4. The molecule has 1 aromatic heterocycles. The maximum atomic E-state index is 13.8. The molecule has 1 fully saturated rings. The summed E-state index contributed by atoms with van der Waals surface area (Å²) in [6, 6.07) is 10.8. The first kappa shape index (κ1) is 29.5. The first-order valence-corrected chi connectivity index (χ1v) is 14.8. The normalized spacial score (nSPS) is 22.1. The molecule has 2 atom stereocenters. The SMILES string of the molecule is N=C1C=CC=C2/C1=C/[NH2+]CCNCCNC(=O)[C@@H]1C[C@@H](CN1C(=O)c1cnn(-c3ccc(F)cc3Cl)c1)Oc1cccc2c1. The second-order valence-corrected chi connectivity index (χ2v) is 11.2. The Balaban J connectivity index is 1.27. The number of likely N-dealkylation sites (tertiary alicyclic amines) is 1. The minimum absolute atomic E-state index is 0.155. The number of hydrogen-bond donors (Lipinski definition) is 4. The van der Waals surface area contributed by atoms with Gasteiger partial charge in [0.1, 0.15) is 29.9 Å². The van der Waals surface area contributed by atoms with Crippen LogP contribution in [0.4, 0.5) is 4.39 Å². The molecule has 0 spiro atoms. The third kappa shape index (κ3) is 6.35. The van der Waals surface area contributed by atoms with Crippen molar-refractivity contribution in [3.63, 3.8) is 0 Å². The van der Waals surface area contributed by atoms with Crippen LogP contribution in [0.1, 0.15) is 22.3 Å². The molecule has 4 bridgehead atoms. The molecule has 44 heavy (non-hydrogen) atoms. The lowest BCUT2D eigenvalue weighted by molar-refractivity contribution is -0.586. The van der Waals surface area contributed by atoms with E-state index in [1.165, 1.54) is 40.2 Å². The van der Waals surface area contributed by atoms with E-state index in [1.807, 2.05) is 47.9 Å². The molecular weight excluding hydrogens is 585 g/mol. The number of carbonyl (C=O) groups is 2. The highest BCUT2D eigenvalue weighted by atomic mass is 35.5. The molecule has 1 aliphatic carbocycles. The summed E-state index contributed by atoms with van der Waals surface area (Å²) in [4.78, 5) is 28.7. The van der Waals surface area contributed by atoms with Crippen LogP contribution in [0.25, 0.3) is 11.3 Å². The molecule has 3 aromatic rings. The molecule has 226 valence electrons. The number of nitrogens with one attached hydrogen (secondary N) is 3. The Hall–Kier alpha value is -4.58. The van der Waals surface area contributed by atoms with Gasteiger partial charge in [-0.1, -0.05) is 35.9 Å². The molecule has 3 heterocycles. The van der Waals surface area contributed by atoms with E-state index < -0.39 is 18.0 Å². The molecule has 10 nitrogen and oxygen atoms in total. The molecule has 0 radical (unpaired) electrons. The Morgan fingerprint density at radius 2 is 2.05 bits per heavy atom. The molecule has 6 rings (SSSR count). The number of carbonyl (C=O) groups excluding carboxylic acids is 2. The van der Waals surface area contributed by atoms with Crippen molar-refractivity contribution in [2.24, 2.45) is 0 Å². The number of allylic oxidation sites excluding steroid dienone is 5. The Bertz CT molecular complexity index is 1700. The van der Waals surface area contributed by atoms with Crippen LogP contribution in [0.15, 0.2) is 84.9 Å². The van der Waals surface area contributed by atoms with Gasteiger partial charge in [0.25, 0.3) is 5.91 Å². The number of nitrogens with zero attached hydrogens (tertiary/aromatic N) is 3. The number of amides is 2. The largest absolute Gasteiger partial charge is 0.488 e. The summed E-state index contributed by atoms with van der Waals surface area (Å²) in [6.07, 6.45) is 10.4. The minimum atomic E-state index is -0.748. The average molecular weight is 617 g/mol. The fraction of sp³-hybridized carbons (Fsp3) is 0.250. The van der Waals surface area contributed by atoms with E-state index in [-0.39, 0.29) is 28.9 Å². The molecule has 12 heteroatoms. The van der Waals surface area contributed by atoms with Gasteiger partial charge in [0, 0.05) is 32.3 Å². The van der Waals surface area contributed by atoms with Gasteiger partial charge in [-0.05, 0) is 47.5 Å². The quantitative estimate of drug-likeness (QED) is 0.352. The van der Waals surface area contributed by atoms with Gasteiger partial charge in [0.2, 0.25) is 5.91 Å². The Labute approximate surface area is 258 Å². The molecule has 5 N–H and O–H groups in total. The van der Waals surface area contributed by atoms with Crippen molar-refractivity contribution in [2.75, 3.05) is 32.7 Å². The van der Waals surface area contributed by atoms with Crippen LogP contribution in [-0.2, 0) is 4.79 Å². The van der Waals surface area contributed by atoms with Gasteiger partial charge in [-0.3, -0.25) is 9.59 Å². The summed E-state index contributed by atoms with van der Waals surface area (Å²) in [5, 5.41) is 21.2. The Kier molecular flexibility index (Phi) is 8.69. The Morgan fingerprint density at radius 3 is 2.91 bits per heavy atom. The van der Waals surface area contributed by atoms with Gasteiger partial charge in [-0.2, -0.15) is 5.10 Å². The maximum Gasteiger partial charge on any atom is 0.257 e. The van der Waals surface area contributed by atoms with Crippen LogP contribution in [0.3, 0.4) is 0 Å². The second kappa shape index (κ2) is 13.0. The van der Waals surface area contributed by atoms with Crippen LogP contribution in [0, 0.1) is 11.2 Å². The van der Waals surface area contributed by atoms with Crippen molar-refractivity contribution in [3.05, 3.63) is 107 Å². The zero-order valence-corrected chi connectivity index (χ0v) is 24.6. The van der Waals surface area contributed by atoms with Crippen LogP contribution in [0.2, 0.25) is 5.02 Å². The van der Waals surface area contributed by atoms with Crippen molar-refractivity contribution in [1.82, 2.24) is 25.3 Å². The third-order valence-corrected chi connectivity index (χ3v) is 8.04. The highest BCUT2D eigenvalue weighted by molar-refractivity contribution is 6.32. The summed E-state index contributed by atoms with van der Waals surface area (Å²) < 4.78 is 21.4. The maximum absolute atomic E-state index is 13.8. The first-order chi connectivity index (χ1) is 21.4. The van der Waals surface area contributed by atoms with Gasteiger partial charge in [-0.15, -0.1) is 0 Å². The highest BCUT2D eigenvalue weighted by Gasteiger charge is 2.41. The van der Waals surface area contributed by atoms with E-state index in [2.05, 4.69) is 15.7 Å². The fourth-order valence-corrected chi connectivity index (χ4v) is 5.84. The smallest absolute Gasteiger partial charge is 0.257 e. The zero-order chi connectivity index (χ0) is 30.6. The monoisotopic (exact) mass is 616 g/mol. The second-order valence-electron chi connectivity index (χ2n) is 10.7. The lowest BCUT2D eigenvalue weighted by Crippen LogP contribution is -2.80. The number of fused-ring (bicyclic) bond motifs is 6. The van der Waals surface area contributed by atoms with Crippen LogP contribution in [-0.4, -0.2) is 77.1 Å². The van der Waals surface area contributed by atoms with Gasteiger partial charge in [-0.25, -0.2) is 9.07 Å². The molecule has 0 unspecified atom stereocenters. The summed E-state index contributed by atoms with van der Waals surface area (Å²) >= 11 is 6.21. The number of quaternary nitrogens is 1. The van der Waals surface area contributed by atoms with Crippen molar-refractivity contribution in [1.29, 1.82) is 5.41 Å². The minimum Gasteiger partial charge on any atom is -0.488 e. The third-order valence-electron chi connectivity index (χ3n) is 7.74. The van der Waals surface area contributed by atoms with Crippen LogP contribution < -0.4 is 20.7 Å². The van der Waals surface area contributed by atoms with E-state index in [4.69, 9.17) is 21.7 Å². The number of aromatic nitrogens is 2. The average Bonchev–Trinajstić information content (AvgIpc) is 3.66. The van der Waals surface area contributed by atoms with Gasteiger partial charge >= 0.3 is 0 Å². The van der Waals surface area contributed by atoms with Gasteiger partial charge in [0.05, 0.1) is 46.8 Å². The number of ether oxygens (including phenoxy) is 1. The van der Waals surface area contributed by atoms with Crippen LogP contribution >= 0.6 is 11.6 Å². The molecule has 0 saturated carbocycles. The molecule has 2 aromatic carbocycles. The topological polar surface area (TPSA) is 129 Å². The summed E-state index contributed by atoms with van der Waals surface area (Å²) in [7, 11) is 0. The predicted octanol–water partition coefficient (Wildman–Crippen LogP) is 2.47. The molecule has 2 amide bonds. The van der Waals surface area contributed by atoms with Gasteiger partial charge in [0.15, 0.2) is 0 Å². The lowest BCUT2D eigenvalue weighted by atomic mass is 9.91. The fourth-order valence-electron chi connectivity index (χ4n) is 5.58. The molecule has 2 aliphatic heterocycles. The summed E-state index contributed by atoms with van der Waals surface area (Å²) in [5.41, 5.74) is 3.79. The number of hydrogen-bond acceptors (Lipinski definition) is 6. The van der Waals surface area contributed by atoms with Crippen molar-refractivity contribution >= 4 is 34.7 Å². The van der Waals surface area contributed by atoms with E-state index in [0.29, 0.717) is 43.2 Å². The lowest BCUT2D eigenvalue weighted by Gasteiger charge is -2.23. The van der Waals surface area contributed by atoms with Gasteiger partial charge < -0.3 is 31.0 Å². The summed E-state index contributed by atoms with van der Waals surface area (Å²) in [5.74, 6) is -0.502. The van der Waals surface area contributed by atoms with E-state index in [0.717, 1.165) is 23.3 Å². The van der Waals surface area contributed by atoms with Crippen molar-refractivity contribution < 1.29 is 24.0 Å².